The van der Waals surface area contributed by atoms with E-state index in [4.69, 9.17) is 0 Å². The number of hydrogen-bond donors (Lipinski definition) is 1. The number of aryl methyl sites for hydroxylation is 4. The molecule has 0 bridgehead atoms. The molecule has 152 valence electrons. The van der Waals surface area contributed by atoms with Crippen LogP contribution in [0.25, 0.3) is 16.5 Å². The first kappa shape index (κ1) is 19.6. The SMILES string of the molecule is Cc1ccc(NC(=O)Cn2c(C)c3cnn(-c4ccccc4)c(=O)c3c2C)cc1C. The highest BCUT2D eigenvalue weighted by molar-refractivity contribution is 5.93. The number of carbonyl (C=O) groups excluding carboxylic acids is 1. The van der Waals surface area contributed by atoms with E-state index >= 15 is 0 Å². The van der Waals surface area contributed by atoms with Crippen molar-refractivity contribution in [2.45, 2.75) is 34.2 Å². The van der Waals surface area contributed by atoms with Gasteiger partial charge in [0.05, 0.1) is 17.3 Å². The number of para-hydroxylation sites is 1. The normalized spacial score (nSPS) is 11.1. The fraction of sp³-hybridized carbons (Fsp3) is 0.208. The van der Waals surface area contributed by atoms with Gasteiger partial charge in [0, 0.05) is 22.5 Å². The molecule has 0 radical (unpaired) electrons. The molecule has 6 nitrogen and oxygen atoms in total. The predicted octanol–water partition coefficient (Wildman–Crippen LogP) is 4.06. The van der Waals surface area contributed by atoms with Crippen molar-refractivity contribution in [1.82, 2.24) is 14.3 Å². The van der Waals surface area contributed by atoms with Crippen LogP contribution in [-0.2, 0) is 11.3 Å². The maximum absolute atomic E-state index is 13.1. The van der Waals surface area contributed by atoms with E-state index in [0.29, 0.717) is 11.1 Å². The van der Waals surface area contributed by atoms with Gasteiger partial charge in [0.25, 0.3) is 5.56 Å². The van der Waals surface area contributed by atoms with Crippen molar-refractivity contribution >= 4 is 22.4 Å². The Bertz CT molecular complexity index is 1320. The third-order valence-corrected chi connectivity index (χ3v) is 5.63. The van der Waals surface area contributed by atoms with Crippen molar-refractivity contribution in [2.75, 3.05) is 5.32 Å². The van der Waals surface area contributed by atoms with Gasteiger partial charge in [0.15, 0.2) is 0 Å². The topological polar surface area (TPSA) is 68.9 Å². The Hall–Kier alpha value is -3.67. The highest BCUT2D eigenvalue weighted by Crippen LogP contribution is 2.23. The van der Waals surface area contributed by atoms with E-state index in [2.05, 4.69) is 10.4 Å². The van der Waals surface area contributed by atoms with Crippen molar-refractivity contribution in [3.8, 4) is 5.69 Å². The van der Waals surface area contributed by atoms with Gasteiger partial charge in [0.2, 0.25) is 5.91 Å². The molecule has 4 aromatic rings. The Morgan fingerprint density at radius 2 is 1.70 bits per heavy atom. The lowest BCUT2D eigenvalue weighted by Gasteiger charge is -2.11. The molecular weight excluding hydrogens is 376 g/mol. The smallest absolute Gasteiger partial charge is 0.281 e. The van der Waals surface area contributed by atoms with Gasteiger partial charge in [-0.1, -0.05) is 24.3 Å². The Balaban J connectivity index is 1.69. The standard InChI is InChI=1S/C24H24N4O2/c1-15-10-11-19(12-16(15)2)26-22(29)14-27-17(3)21-13-25-28(20-8-6-5-7-9-20)24(30)23(21)18(27)4/h5-13H,14H2,1-4H3,(H,26,29). The lowest BCUT2D eigenvalue weighted by Crippen LogP contribution is -2.22. The lowest BCUT2D eigenvalue weighted by atomic mass is 10.1. The fourth-order valence-electron chi connectivity index (χ4n) is 3.76. The molecule has 0 spiro atoms. The first-order valence-electron chi connectivity index (χ1n) is 9.87. The third kappa shape index (κ3) is 3.41. The number of nitrogens with one attached hydrogen (secondary N) is 1. The van der Waals surface area contributed by atoms with Crippen molar-refractivity contribution in [1.29, 1.82) is 0 Å². The van der Waals surface area contributed by atoms with Crippen LogP contribution in [0.4, 0.5) is 5.69 Å². The molecule has 4 rings (SSSR count). The van der Waals surface area contributed by atoms with Gasteiger partial charge < -0.3 is 9.88 Å². The van der Waals surface area contributed by atoms with Crippen molar-refractivity contribution in [3.05, 3.63) is 87.6 Å². The number of aromatic nitrogens is 3. The van der Waals surface area contributed by atoms with Crippen molar-refractivity contribution in [2.24, 2.45) is 0 Å². The molecule has 0 unspecified atom stereocenters. The predicted molar refractivity (Wildman–Crippen MR) is 119 cm³/mol. The highest BCUT2D eigenvalue weighted by Gasteiger charge is 2.18. The molecule has 0 aliphatic rings. The quantitative estimate of drug-likeness (QED) is 0.562. The average Bonchev–Trinajstić information content (AvgIpc) is 2.97. The number of nitrogens with zero attached hydrogens (tertiary/aromatic N) is 3. The Labute approximate surface area is 174 Å². The molecular formula is C24H24N4O2. The minimum Gasteiger partial charge on any atom is -0.338 e. The Morgan fingerprint density at radius 1 is 0.967 bits per heavy atom. The third-order valence-electron chi connectivity index (χ3n) is 5.63. The molecule has 0 saturated heterocycles. The van der Waals surface area contributed by atoms with E-state index in [1.165, 1.54) is 10.2 Å². The number of rotatable bonds is 4. The summed E-state index contributed by atoms with van der Waals surface area (Å²) in [6, 6.07) is 15.2. The molecule has 2 aromatic carbocycles. The van der Waals surface area contributed by atoms with E-state index in [0.717, 1.165) is 28.0 Å². The molecule has 0 fully saturated rings. The van der Waals surface area contributed by atoms with Crippen LogP contribution in [-0.4, -0.2) is 20.3 Å². The largest absolute Gasteiger partial charge is 0.338 e. The van der Waals surface area contributed by atoms with Crippen LogP contribution in [0.15, 0.2) is 59.5 Å². The molecule has 0 aliphatic carbocycles. The molecule has 1 amide bonds. The van der Waals surface area contributed by atoms with Gasteiger partial charge in [-0.25, -0.2) is 0 Å². The summed E-state index contributed by atoms with van der Waals surface area (Å²) in [4.78, 5) is 25.8. The molecule has 30 heavy (non-hydrogen) atoms. The Kier molecular flexibility index (Phi) is 4.99. The van der Waals surface area contributed by atoms with E-state index < -0.39 is 0 Å². The van der Waals surface area contributed by atoms with Crippen molar-refractivity contribution in [3.63, 3.8) is 0 Å². The second-order valence-corrected chi connectivity index (χ2v) is 7.59. The summed E-state index contributed by atoms with van der Waals surface area (Å²) in [5, 5.41) is 8.65. The molecule has 6 heteroatoms. The van der Waals surface area contributed by atoms with E-state index in [9.17, 15) is 9.59 Å². The monoisotopic (exact) mass is 400 g/mol. The highest BCUT2D eigenvalue weighted by atomic mass is 16.2. The van der Waals surface area contributed by atoms with Crippen LogP contribution in [0.5, 0.6) is 0 Å². The van der Waals surface area contributed by atoms with Crippen LogP contribution in [0.3, 0.4) is 0 Å². The number of anilines is 1. The molecule has 0 aliphatic heterocycles. The summed E-state index contributed by atoms with van der Waals surface area (Å²) >= 11 is 0. The number of benzene rings is 2. The van der Waals surface area contributed by atoms with Gasteiger partial charge >= 0.3 is 0 Å². The van der Waals surface area contributed by atoms with Gasteiger partial charge in [-0.2, -0.15) is 9.78 Å². The molecule has 1 N–H and O–H groups in total. The van der Waals surface area contributed by atoms with Crippen LogP contribution < -0.4 is 10.9 Å². The summed E-state index contributed by atoms with van der Waals surface area (Å²) in [5.74, 6) is -0.138. The number of hydrogen-bond acceptors (Lipinski definition) is 3. The summed E-state index contributed by atoms with van der Waals surface area (Å²) in [6.45, 7) is 7.96. The van der Waals surface area contributed by atoms with Crippen LogP contribution in [0.2, 0.25) is 0 Å². The summed E-state index contributed by atoms with van der Waals surface area (Å²) in [6.07, 6.45) is 1.70. The van der Waals surface area contributed by atoms with E-state index in [1.54, 1.807) is 6.20 Å². The lowest BCUT2D eigenvalue weighted by molar-refractivity contribution is -0.116. The van der Waals surface area contributed by atoms with Crippen molar-refractivity contribution < 1.29 is 4.79 Å². The summed E-state index contributed by atoms with van der Waals surface area (Å²) < 4.78 is 3.27. The zero-order valence-corrected chi connectivity index (χ0v) is 17.6. The maximum atomic E-state index is 13.1. The van der Waals surface area contributed by atoms with Gasteiger partial charge in [0.1, 0.15) is 6.54 Å². The molecule has 0 saturated carbocycles. The fourth-order valence-corrected chi connectivity index (χ4v) is 3.76. The van der Waals surface area contributed by atoms with Gasteiger partial charge in [-0.05, 0) is 63.1 Å². The van der Waals surface area contributed by atoms with E-state index in [1.807, 2.05) is 80.8 Å². The first-order valence-corrected chi connectivity index (χ1v) is 9.87. The maximum Gasteiger partial charge on any atom is 0.281 e. The average molecular weight is 400 g/mol. The Morgan fingerprint density at radius 3 is 2.40 bits per heavy atom. The van der Waals surface area contributed by atoms with Gasteiger partial charge in [-0.15, -0.1) is 0 Å². The molecule has 0 atom stereocenters. The summed E-state index contributed by atoms with van der Waals surface area (Å²) in [7, 11) is 0. The van der Waals surface area contributed by atoms with Crippen LogP contribution in [0.1, 0.15) is 22.5 Å². The number of carbonyl (C=O) groups is 1. The van der Waals surface area contributed by atoms with E-state index in [-0.39, 0.29) is 18.0 Å². The number of amides is 1. The number of fused-ring (bicyclic) bond motifs is 1. The molecule has 2 heterocycles. The second-order valence-electron chi connectivity index (χ2n) is 7.59. The minimum absolute atomic E-state index is 0.129. The summed E-state index contributed by atoms with van der Waals surface area (Å²) in [5.41, 5.74) is 5.20. The zero-order chi connectivity index (χ0) is 21.4. The minimum atomic E-state index is -0.187. The zero-order valence-electron chi connectivity index (χ0n) is 17.6. The second kappa shape index (κ2) is 7.63. The first-order chi connectivity index (χ1) is 14.4. The van der Waals surface area contributed by atoms with Crippen LogP contribution in [0, 0.1) is 27.7 Å². The van der Waals surface area contributed by atoms with Gasteiger partial charge in [-0.3, -0.25) is 9.59 Å². The van der Waals surface area contributed by atoms with Crippen LogP contribution >= 0.6 is 0 Å². The molecule has 2 aromatic heterocycles.